The number of hydrogen-bond acceptors (Lipinski definition) is 7. The summed E-state index contributed by atoms with van der Waals surface area (Å²) in [6.45, 7) is 12.4. The molecule has 4 heterocycles. The van der Waals surface area contributed by atoms with Gasteiger partial charge in [-0.1, -0.05) is 37.6 Å². The van der Waals surface area contributed by atoms with Crippen molar-refractivity contribution in [1.82, 2.24) is 25.1 Å². The first-order valence-corrected chi connectivity index (χ1v) is 14.3. The maximum absolute atomic E-state index is 13.8. The van der Waals surface area contributed by atoms with Crippen LogP contribution in [0.1, 0.15) is 25.3 Å². The van der Waals surface area contributed by atoms with Crippen LogP contribution in [0.2, 0.25) is 5.02 Å². The number of piperazine rings is 1. The van der Waals surface area contributed by atoms with Gasteiger partial charge in [-0.25, -0.2) is 4.98 Å². The van der Waals surface area contributed by atoms with E-state index >= 15 is 0 Å². The minimum absolute atomic E-state index is 0.147. The average molecular weight is 555 g/mol. The summed E-state index contributed by atoms with van der Waals surface area (Å²) >= 11 is 6.12. The van der Waals surface area contributed by atoms with Crippen LogP contribution < -0.4 is 15.0 Å². The number of nitrogens with one attached hydrogen (secondary N) is 2. The molecule has 210 valence electrons. The molecule has 0 saturated carbocycles. The largest absolute Gasteiger partial charge is 0.488 e. The second-order valence-corrected chi connectivity index (χ2v) is 10.9. The zero-order chi connectivity index (χ0) is 27.2. The summed E-state index contributed by atoms with van der Waals surface area (Å²) in [5.74, 6) is 0.677. The number of carbonyl (C=O) groups excluding carboxylic acids is 1. The predicted octanol–water partition coefficient (Wildman–Crippen LogP) is 3.36. The molecule has 10 heteroatoms. The Hall–Kier alpha value is -2.85. The lowest BCUT2D eigenvalue weighted by Crippen LogP contribution is -2.51. The maximum atomic E-state index is 13.8. The molecule has 0 radical (unpaired) electrons. The lowest BCUT2D eigenvalue weighted by atomic mass is 9.96. The molecule has 3 aromatic rings. The molecule has 0 bridgehead atoms. The van der Waals surface area contributed by atoms with E-state index in [1.807, 2.05) is 41.6 Å². The first-order valence-electron chi connectivity index (χ1n) is 13.9. The van der Waals surface area contributed by atoms with Gasteiger partial charge in [-0.3, -0.25) is 9.69 Å². The third-order valence-electron chi connectivity index (χ3n) is 7.50. The molecule has 0 spiro atoms. The van der Waals surface area contributed by atoms with Crippen molar-refractivity contribution >= 4 is 34.2 Å². The normalized spacial score (nSPS) is 17.6. The Bertz CT molecular complexity index is 1220. The number of morpholine rings is 1. The van der Waals surface area contributed by atoms with Crippen molar-refractivity contribution in [2.24, 2.45) is 0 Å². The highest BCUT2D eigenvalue weighted by atomic mass is 35.5. The van der Waals surface area contributed by atoms with Gasteiger partial charge in [0.05, 0.1) is 31.0 Å². The van der Waals surface area contributed by atoms with E-state index in [-0.39, 0.29) is 11.8 Å². The van der Waals surface area contributed by atoms with Crippen LogP contribution >= 0.6 is 11.6 Å². The number of ether oxygens (including phenoxy) is 2. The number of aromatic nitrogens is 2. The minimum atomic E-state index is -0.257. The molecular formula is C29H39ClN6O3. The van der Waals surface area contributed by atoms with E-state index in [1.54, 1.807) is 0 Å². The zero-order valence-corrected chi connectivity index (χ0v) is 23.6. The first kappa shape index (κ1) is 27.7. The molecule has 39 heavy (non-hydrogen) atoms. The third kappa shape index (κ3) is 6.84. The number of rotatable bonds is 10. The smallest absolute Gasteiger partial charge is 0.231 e. The molecule has 0 aliphatic carbocycles. The number of anilines is 1. The molecule has 9 nitrogen and oxygen atoms in total. The van der Waals surface area contributed by atoms with Crippen molar-refractivity contribution < 1.29 is 14.3 Å². The Morgan fingerprint density at radius 2 is 1.85 bits per heavy atom. The molecule has 2 saturated heterocycles. The fourth-order valence-corrected chi connectivity index (χ4v) is 5.41. The Labute approximate surface area is 235 Å². The van der Waals surface area contributed by atoms with Gasteiger partial charge in [-0.15, -0.1) is 0 Å². The van der Waals surface area contributed by atoms with Crippen molar-refractivity contribution in [2.45, 2.75) is 25.8 Å². The number of nitrogens with zero attached hydrogens (tertiary/aromatic N) is 4. The van der Waals surface area contributed by atoms with E-state index in [4.69, 9.17) is 21.1 Å². The molecule has 2 aliphatic heterocycles. The highest BCUT2D eigenvalue weighted by molar-refractivity contribution is 6.30. The Kier molecular flexibility index (Phi) is 9.24. The summed E-state index contributed by atoms with van der Waals surface area (Å²) < 4.78 is 11.8. The number of carbonyl (C=O) groups is 1. The van der Waals surface area contributed by atoms with E-state index in [9.17, 15) is 4.79 Å². The van der Waals surface area contributed by atoms with Crippen molar-refractivity contribution in [1.29, 1.82) is 0 Å². The number of hydrogen-bond donors (Lipinski definition) is 2. The molecule has 2 N–H and O–H groups in total. The first-order chi connectivity index (χ1) is 19.0. The summed E-state index contributed by atoms with van der Waals surface area (Å²) in [5, 5.41) is 5.17. The molecule has 1 atom stereocenters. The van der Waals surface area contributed by atoms with Gasteiger partial charge in [0.15, 0.2) is 5.75 Å². The van der Waals surface area contributed by atoms with Crippen LogP contribution in [0.15, 0.2) is 42.7 Å². The lowest BCUT2D eigenvalue weighted by Gasteiger charge is -2.38. The van der Waals surface area contributed by atoms with Gasteiger partial charge in [0, 0.05) is 75.0 Å². The van der Waals surface area contributed by atoms with E-state index < -0.39 is 0 Å². The van der Waals surface area contributed by atoms with Crippen molar-refractivity contribution in [3.8, 4) is 5.75 Å². The summed E-state index contributed by atoms with van der Waals surface area (Å²) in [5.41, 5.74) is 2.87. The monoisotopic (exact) mass is 554 g/mol. The Morgan fingerprint density at radius 1 is 1.10 bits per heavy atom. The third-order valence-corrected chi connectivity index (χ3v) is 7.75. The van der Waals surface area contributed by atoms with Crippen LogP contribution in [0, 0.1) is 0 Å². The van der Waals surface area contributed by atoms with Crippen LogP contribution in [-0.2, 0) is 9.53 Å². The van der Waals surface area contributed by atoms with E-state index in [0.29, 0.717) is 37.3 Å². The second kappa shape index (κ2) is 13.0. The second-order valence-electron chi connectivity index (χ2n) is 10.5. The highest BCUT2D eigenvalue weighted by Crippen LogP contribution is 2.36. The minimum Gasteiger partial charge on any atom is -0.488 e. The topological polar surface area (TPSA) is 86.0 Å². The zero-order valence-electron chi connectivity index (χ0n) is 22.9. The quantitative estimate of drug-likeness (QED) is 0.397. The maximum Gasteiger partial charge on any atom is 0.231 e. The average Bonchev–Trinajstić information content (AvgIpc) is 3.43. The molecule has 0 unspecified atom stereocenters. The molecule has 1 aromatic carbocycles. The number of fused-ring (bicyclic) bond motifs is 1. The number of pyridine rings is 1. The standard InChI is InChI=1S/C29H39ClN6O3/c1-21(2)32-19-25(22-3-5-23(30)6-4-22)29(37)36-11-9-35(10-12-36)27-24-7-8-31-28(24)33-20-26(27)39-18-15-34-13-16-38-17-14-34/h3-8,20-21,25,32H,9-19H2,1-2H3,(H,31,33)/t25-/m1/s1. The summed E-state index contributed by atoms with van der Waals surface area (Å²) in [6.07, 6.45) is 3.73. The van der Waals surface area contributed by atoms with Crippen molar-refractivity contribution in [3.05, 3.63) is 53.3 Å². The van der Waals surface area contributed by atoms with Gasteiger partial charge in [0.2, 0.25) is 5.91 Å². The molecule has 5 rings (SSSR count). The highest BCUT2D eigenvalue weighted by Gasteiger charge is 2.30. The van der Waals surface area contributed by atoms with Crippen LogP contribution in [0.5, 0.6) is 5.75 Å². The number of amides is 1. The summed E-state index contributed by atoms with van der Waals surface area (Å²) in [4.78, 5) is 28.2. The van der Waals surface area contributed by atoms with Crippen LogP contribution in [0.3, 0.4) is 0 Å². The molecule has 2 fully saturated rings. The summed E-state index contributed by atoms with van der Waals surface area (Å²) in [6, 6.07) is 9.99. The molecule has 2 aromatic heterocycles. The van der Waals surface area contributed by atoms with Crippen LogP contribution in [0.4, 0.5) is 5.69 Å². The van der Waals surface area contributed by atoms with Crippen LogP contribution in [0.25, 0.3) is 11.0 Å². The molecular weight excluding hydrogens is 516 g/mol. The van der Waals surface area contributed by atoms with Gasteiger partial charge in [0.25, 0.3) is 0 Å². The van der Waals surface area contributed by atoms with Crippen molar-refractivity contribution in [2.75, 3.05) is 77.1 Å². The van der Waals surface area contributed by atoms with Gasteiger partial charge in [-0.05, 0) is 23.8 Å². The number of H-pyrrole nitrogens is 1. The number of halogens is 1. The Balaban J connectivity index is 1.27. The van der Waals surface area contributed by atoms with Gasteiger partial charge in [-0.2, -0.15) is 0 Å². The van der Waals surface area contributed by atoms with E-state index in [0.717, 1.165) is 74.0 Å². The number of aromatic amines is 1. The van der Waals surface area contributed by atoms with Gasteiger partial charge in [0.1, 0.15) is 12.3 Å². The van der Waals surface area contributed by atoms with Gasteiger partial charge < -0.3 is 29.6 Å². The van der Waals surface area contributed by atoms with Gasteiger partial charge >= 0.3 is 0 Å². The lowest BCUT2D eigenvalue weighted by molar-refractivity contribution is -0.133. The fourth-order valence-electron chi connectivity index (χ4n) is 5.28. The van der Waals surface area contributed by atoms with E-state index in [2.05, 4.69) is 45.0 Å². The summed E-state index contributed by atoms with van der Waals surface area (Å²) in [7, 11) is 0. The van der Waals surface area contributed by atoms with E-state index in [1.165, 1.54) is 0 Å². The van der Waals surface area contributed by atoms with Crippen LogP contribution in [-0.4, -0.2) is 104 Å². The predicted molar refractivity (Wildman–Crippen MR) is 155 cm³/mol. The SMILES string of the molecule is CC(C)NC[C@@H](C(=O)N1CCN(c2c(OCCN3CCOCC3)cnc3[nH]ccc23)CC1)c1ccc(Cl)cc1. The molecule has 2 aliphatic rings. The fraction of sp³-hybridized carbons (Fsp3) is 0.517. The Morgan fingerprint density at radius 3 is 2.56 bits per heavy atom. The molecule has 1 amide bonds. The number of benzene rings is 1. The van der Waals surface area contributed by atoms with Crippen molar-refractivity contribution in [3.63, 3.8) is 0 Å².